The number of anilines is 4. The van der Waals surface area contributed by atoms with Gasteiger partial charge in [-0.25, -0.2) is 4.98 Å². The zero-order chi connectivity index (χ0) is 21.4. The van der Waals surface area contributed by atoms with Crippen LogP contribution in [0.2, 0.25) is 0 Å². The van der Waals surface area contributed by atoms with Crippen molar-refractivity contribution in [1.82, 2.24) is 9.97 Å². The summed E-state index contributed by atoms with van der Waals surface area (Å²) in [5, 5.41) is 11.8. The molecule has 6 heteroatoms. The molecule has 0 radical (unpaired) electrons. The lowest BCUT2D eigenvalue weighted by molar-refractivity contribution is 0.102. The van der Waals surface area contributed by atoms with Crippen LogP contribution in [0.15, 0.2) is 73.2 Å². The molecule has 2 aromatic heterocycles. The summed E-state index contributed by atoms with van der Waals surface area (Å²) in [4.78, 5) is 21.6. The Hall–Kier alpha value is -3.93. The minimum Gasteiger partial charge on any atom is -0.384 e. The number of nitrogens with one attached hydrogen (secondary N) is 3. The predicted molar refractivity (Wildman–Crippen MR) is 125 cm³/mol. The number of benzene rings is 2. The van der Waals surface area contributed by atoms with Crippen molar-refractivity contribution in [2.24, 2.45) is 0 Å². The second kappa shape index (κ2) is 7.40. The summed E-state index contributed by atoms with van der Waals surface area (Å²) in [5.74, 6) is 0.298. The Balaban J connectivity index is 1.39. The van der Waals surface area contributed by atoms with E-state index in [1.807, 2.05) is 42.6 Å². The van der Waals surface area contributed by atoms with Gasteiger partial charge in [0.25, 0.3) is 5.91 Å². The number of hydrogen-bond donors (Lipinski definition) is 3. The average molecular weight is 409 g/mol. The number of carbonyl (C=O) groups is 1. The average Bonchev–Trinajstić information content (AvgIpc) is 3.08. The molecule has 3 heterocycles. The Morgan fingerprint density at radius 1 is 1.00 bits per heavy atom. The maximum Gasteiger partial charge on any atom is 0.259 e. The minimum atomic E-state index is -0.210. The van der Waals surface area contributed by atoms with Gasteiger partial charge in [0, 0.05) is 53.0 Å². The fraction of sp³-hybridized carbons (Fsp3) is 0.160. The van der Waals surface area contributed by atoms with Gasteiger partial charge in [-0.1, -0.05) is 26.0 Å². The Kier molecular flexibility index (Phi) is 4.55. The van der Waals surface area contributed by atoms with E-state index in [0.717, 1.165) is 34.4 Å². The maximum absolute atomic E-state index is 13.0. The van der Waals surface area contributed by atoms with E-state index in [1.165, 1.54) is 5.56 Å². The molecular formula is C25H23N5O. The van der Waals surface area contributed by atoms with Crippen LogP contribution in [0.5, 0.6) is 0 Å². The monoisotopic (exact) mass is 409 g/mol. The van der Waals surface area contributed by atoms with Gasteiger partial charge in [-0.2, -0.15) is 0 Å². The summed E-state index contributed by atoms with van der Waals surface area (Å²) in [7, 11) is 0. The molecule has 0 unspecified atom stereocenters. The van der Waals surface area contributed by atoms with Gasteiger partial charge < -0.3 is 16.0 Å². The predicted octanol–water partition coefficient (Wildman–Crippen LogP) is 5.33. The number of pyridine rings is 2. The topological polar surface area (TPSA) is 78.9 Å². The van der Waals surface area contributed by atoms with Crippen molar-refractivity contribution in [3.63, 3.8) is 0 Å². The summed E-state index contributed by atoms with van der Waals surface area (Å²) >= 11 is 0. The van der Waals surface area contributed by atoms with Crippen LogP contribution in [0.25, 0.3) is 10.8 Å². The summed E-state index contributed by atoms with van der Waals surface area (Å²) in [6, 6.07) is 17.5. The number of nitrogens with zero attached hydrogens (tertiary/aromatic N) is 2. The van der Waals surface area contributed by atoms with Crippen molar-refractivity contribution in [2.75, 3.05) is 22.5 Å². The van der Waals surface area contributed by atoms with Crippen molar-refractivity contribution in [3.05, 3.63) is 84.3 Å². The Bertz CT molecular complexity index is 1300. The lowest BCUT2D eigenvalue weighted by Crippen LogP contribution is -2.18. The SMILES string of the molecule is CC1(C)CNc2cc(NC(=O)c3cccnc3Nc3ccc4cnccc4c3)ccc21. The molecular weight excluding hydrogens is 386 g/mol. The molecule has 1 amide bonds. The summed E-state index contributed by atoms with van der Waals surface area (Å²) in [6.07, 6.45) is 5.26. The lowest BCUT2D eigenvalue weighted by atomic mass is 9.87. The van der Waals surface area contributed by atoms with Crippen LogP contribution in [0.4, 0.5) is 22.9 Å². The molecule has 0 aliphatic carbocycles. The minimum absolute atomic E-state index is 0.0915. The van der Waals surface area contributed by atoms with Gasteiger partial charge in [0.15, 0.2) is 0 Å². The van der Waals surface area contributed by atoms with Crippen molar-refractivity contribution < 1.29 is 4.79 Å². The van der Waals surface area contributed by atoms with Crippen LogP contribution in [-0.2, 0) is 5.41 Å². The maximum atomic E-state index is 13.0. The van der Waals surface area contributed by atoms with E-state index in [0.29, 0.717) is 11.4 Å². The van der Waals surface area contributed by atoms with Crippen LogP contribution in [0.3, 0.4) is 0 Å². The van der Waals surface area contributed by atoms with Crippen molar-refractivity contribution >= 4 is 39.6 Å². The van der Waals surface area contributed by atoms with E-state index in [1.54, 1.807) is 24.5 Å². The first kappa shape index (κ1) is 19.1. The molecule has 0 saturated heterocycles. The third kappa shape index (κ3) is 3.68. The smallest absolute Gasteiger partial charge is 0.259 e. The molecule has 154 valence electrons. The molecule has 1 aliphatic rings. The summed E-state index contributed by atoms with van der Waals surface area (Å²) < 4.78 is 0. The first-order chi connectivity index (χ1) is 15.0. The van der Waals surface area contributed by atoms with Gasteiger partial charge in [-0.05, 0) is 53.4 Å². The number of aromatic nitrogens is 2. The summed E-state index contributed by atoms with van der Waals surface area (Å²) in [5.41, 5.74) is 4.51. The molecule has 0 atom stereocenters. The lowest BCUT2D eigenvalue weighted by Gasteiger charge is -2.17. The van der Waals surface area contributed by atoms with Gasteiger partial charge in [-0.3, -0.25) is 9.78 Å². The number of hydrogen-bond acceptors (Lipinski definition) is 5. The molecule has 3 N–H and O–H groups in total. The van der Waals surface area contributed by atoms with Gasteiger partial charge >= 0.3 is 0 Å². The van der Waals surface area contributed by atoms with Crippen LogP contribution in [0, 0.1) is 0 Å². The zero-order valence-electron chi connectivity index (χ0n) is 17.4. The van der Waals surface area contributed by atoms with E-state index >= 15 is 0 Å². The quantitative estimate of drug-likeness (QED) is 0.425. The first-order valence-corrected chi connectivity index (χ1v) is 10.3. The molecule has 6 nitrogen and oxygen atoms in total. The Morgan fingerprint density at radius 2 is 1.87 bits per heavy atom. The van der Waals surface area contributed by atoms with Crippen molar-refractivity contribution in [3.8, 4) is 0 Å². The van der Waals surface area contributed by atoms with Crippen LogP contribution in [0.1, 0.15) is 29.8 Å². The standard InChI is InChI=1S/C25H23N5O/c1-25(2)15-28-22-13-19(7-8-21(22)25)30-24(31)20-4-3-10-27-23(20)29-18-6-5-17-14-26-11-9-16(17)12-18/h3-14,28H,15H2,1-2H3,(H,27,29)(H,30,31). The van der Waals surface area contributed by atoms with Gasteiger partial charge in [0.1, 0.15) is 5.82 Å². The third-order valence-corrected chi connectivity index (χ3v) is 5.68. The van der Waals surface area contributed by atoms with E-state index < -0.39 is 0 Å². The summed E-state index contributed by atoms with van der Waals surface area (Å²) in [6.45, 7) is 5.31. The molecule has 2 aromatic carbocycles. The molecule has 5 rings (SSSR count). The van der Waals surface area contributed by atoms with E-state index in [2.05, 4.69) is 45.8 Å². The van der Waals surface area contributed by atoms with Gasteiger partial charge in [-0.15, -0.1) is 0 Å². The molecule has 0 saturated carbocycles. The molecule has 1 aliphatic heterocycles. The first-order valence-electron chi connectivity index (χ1n) is 10.3. The normalized spacial score (nSPS) is 14.0. The third-order valence-electron chi connectivity index (χ3n) is 5.68. The number of fused-ring (bicyclic) bond motifs is 2. The number of rotatable bonds is 4. The van der Waals surface area contributed by atoms with Crippen molar-refractivity contribution in [1.29, 1.82) is 0 Å². The van der Waals surface area contributed by atoms with E-state index in [4.69, 9.17) is 0 Å². The van der Waals surface area contributed by atoms with E-state index in [-0.39, 0.29) is 11.3 Å². The van der Waals surface area contributed by atoms with Crippen molar-refractivity contribution in [2.45, 2.75) is 19.3 Å². The van der Waals surface area contributed by atoms with Gasteiger partial charge in [0.2, 0.25) is 0 Å². The van der Waals surface area contributed by atoms with Crippen LogP contribution >= 0.6 is 0 Å². The molecule has 31 heavy (non-hydrogen) atoms. The largest absolute Gasteiger partial charge is 0.384 e. The fourth-order valence-electron chi connectivity index (χ4n) is 3.95. The molecule has 0 fully saturated rings. The second-order valence-corrected chi connectivity index (χ2v) is 8.41. The van der Waals surface area contributed by atoms with Crippen LogP contribution in [-0.4, -0.2) is 22.4 Å². The van der Waals surface area contributed by atoms with Gasteiger partial charge in [0.05, 0.1) is 5.56 Å². The van der Waals surface area contributed by atoms with E-state index in [9.17, 15) is 4.79 Å². The highest BCUT2D eigenvalue weighted by molar-refractivity contribution is 6.08. The molecule has 0 spiro atoms. The fourth-order valence-corrected chi connectivity index (χ4v) is 3.95. The highest BCUT2D eigenvalue weighted by Crippen LogP contribution is 2.37. The number of amides is 1. The zero-order valence-corrected chi connectivity index (χ0v) is 17.4. The highest BCUT2D eigenvalue weighted by Gasteiger charge is 2.29. The molecule has 0 bridgehead atoms. The van der Waals surface area contributed by atoms with Crippen LogP contribution < -0.4 is 16.0 Å². The second-order valence-electron chi connectivity index (χ2n) is 8.41. The Morgan fingerprint density at radius 3 is 2.77 bits per heavy atom. The number of carbonyl (C=O) groups excluding carboxylic acids is 1. The molecule has 4 aromatic rings. The Labute approximate surface area is 180 Å². The highest BCUT2D eigenvalue weighted by atomic mass is 16.1.